The van der Waals surface area contributed by atoms with E-state index in [4.69, 9.17) is 8.84 Å². The third-order valence-corrected chi connectivity index (χ3v) is 9.66. The zero-order valence-electron chi connectivity index (χ0n) is 16.3. The fraction of sp³-hybridized carbons (Fsp3) is 0.381. The number of nitrogens with zero attached hydrogens (tertiary/aromatic N) is 1. The Labute approximate surface area is 156 Å². The van der Waals surface area contributed by atoms with Crippen LogP contribution in [0.2, 0.25) is 18.1 Å². The Morgan fingerprint density at radius 2 is 1.58 bits per heavy atom. The molecule has 1 unspecified atom stereocenters. The lowest BCUT2D eigenvalue weighted by atomic mass is 9.96. The Hall–Kier alpha value is -2.11. The number of aliphatic hydroxyl groups is 1. The van der Waals surface area contributed by atoms with Crippen molar-refractivity contribution >= 4 is 19.4 Å². The van der Waals surface area contributed by atoms with Gasteiger partial charge in [0.2, 0.25) is 14.2 Å². The maximum Gasteiger partial charge on any atom is 0.250 e. The summed E-state index contributed by atoms with van der Waals surface area (Å²) < 4.78 is 12.1. The number of oxazole rings is 1. The Morgan fingerprint density at radius 3 is 2.15 bits per heavy atom. The van der Waals surface area contributed by atoms with E-state index in [0.29, 0.717) is 11.1 Å². The second kappa shape index (κ2) is 6.25. The first kappa shape index (κ1) is 18.7. The highest BCUT2D eigenvalue weighted by Gasteiger charge is 2.39. The molecule has 1 heterocycles. The molecule has 0 spiro atoms. The topological polar surface area (TPSA) is 55.5 Å². The molecule has 1 aromatic heterocycles. The molecule has 0 fully saturated rings. The first-order valence-electron chi connectivity index (χ1n) is 8.89. The smallest absolute Gasteiger partial charge is 0.250 e. The van der Waals surface area contributed by atoms with E-state index < -0.39 is 13.9 Å². The van der Waals surface area contributed by atoms with Crippen LogP contribution in [0.15, 0.2) is 52.9 Å². The summed E-state index contributed by atoms with van der Waals surface area (Å²) in [6.07, 6.45) is 0. The predicted octanol–water partition coefficient (Wildman–Crippen LogP) is 5.47. The van der Waals surface area contributed by atoms with Crippen molar-refractivity contribution in [2.24, 2.45) is 0 Å². The van der Waals surface area contributed by atoms with Gasteiger partial charge in [-0.1, -0.05) is 45.0 Å². The molecular formula is C21H27NO3Si. The van der Waals surface area contributed by atoms with Gasteiger partial charge in [-0.3, -0.25) is 0 Å². The van der Waals surface area contributed by atoms with Crippen LogP contribution in [0.5, 0.6) is 5.75 Å². The molecule has 3 rings (SSSR count). The largest absolute Gasteiger partial charge is 0.544 e. The van der Waals surface area contributed by atoms with Crippen LogP contribution in [0.4, 0.5) is 0 Å². The zero-order valence-corrected chi connectivity index (χ0v) is 17.3. The summed E-state index contributed by atoms with van der Waals surface area (Å²) in [5.74, 6) is 1.12. The van der Waals surface area contributed by atoms with Crippen LogP contribution >= 0.6 is 0 Å². The van der Waals surface area contributed by atoms with Crippen LogP contribution in [-0.2, 0) is 5.60 Å². The average Bonchev–Trinajstić information content (AvgIpc) is 2.99. The molecule has 1 atom stereocenters. The quantitative estimate of drug-likeness (QED) is 0.620. The van der Waals surface area contributed by atoms with Gasteiger partial charge in [-0.05, 0) is 54.9 Å². The van der Waals surface area contributed by atoms with Gasteiger partial charge in [-0.25, -0.2) is 4.98 Å². The van der Waals surface area contributed by atoms with Crippen molar-refractivity contribution in [3.63, 3.8) is 0 Å². The molecule has 26 heavy (non-hydrogen) atoms. The molecule has 1 N–H and O–H groups in total. The number of hydrogen-bond acceptors (Lipinski definition) is 4. The molecule has 4 nitrogen and oxygen atoms in total. The Balaban J connectivity index is 1.87. The van der Waals surface area contributed by atoms with Gasteiger partial charge in [0.1, 0.15) is 11.3 Å². The molecule has 2 aromatic carbocycles. The van der Waals surface area contributed by atoms with E-state index in [2.05, 4.69) is 38.8 Å². The van der Waals surface area contributed by atoms with Crippen molar-refractivity contribution in [2.45, 2.75) is 51.4 Å². The van der Waals surface area contributed by atoms with Crippen LogP contribution in [-0.4, -0.2) is 18.4 Å². The SMILES string of the molecule is CC(O)(c1ccc(O[Si](C)(C)C(C)(C)C)cc1)c1nc2ccccc2o1. The monoisotopic (exact) mass is 369 g/mol. The van der Waals surface area contributed by atoms with E-state index in [1.54, 1.807) is 6.92 Å². The first-order valence-corrected chi connectivity index (χ1v) is 11.8. The third kappa shape index (κ3) is 3.41. The minimum absolute atomic E-state index is 0.134. The highest BCUT2D eigenvalue weighted by atomic mass is 28.4. The van der Waals surface area contributed by atoms with Gasteiger partial charge in [-0.2, -0.15) is 0 Å². The summed E-state index contributed by atoms with van der Waals surface area (Å²) in [4.78, 5) is 4.43. The number of para-hydroxylation sites is 2. The molecule has 3 aromatic rings. The average molecular weight is 370 g/mol. The van der Waals surface area contributed by atoms with Gasteiger partial charge in [0, 0.05) is 0 Å². The Kier molecular flexibility index (Phi) is 4.49. The van der Waals surface area contributed by atoms with Crippen LogP contribution in [0, 0.1) is 0 Å². The molecule has 138 valence electrons. The summed E-state index contributed by atoms with van der Waals surface area (Å²) >= 11 is 0. The van der Waals surface area contributed by atoms with Gasteiger partial charge < -0.3 is 13.9 Å². The molecule has 0 saturated heterocycles. The number of rotatable bonds is 4. The van der Waals surface area contributed by atoms with E-state index in [-0.39, 0.29) is 10.9 Å². The van der Waals surface area contributed by atoms with Gasteiger partial charge >= 0.3 is 0 Å². The summed E-state index contributed by atoms with van der Waals surface area (Å²) in [5, 5.41) is 11.2. The van der Waals surface area contributed by atoms with Crippen molar-refractivity contribution < 1.29 is 13.9 Å². The lowest BCUT2D eigenvalue weighted by Crippen LogP contribution is -2.43. The van der Waals surface area contributed by atoms with Crippen LogP contribution in [0.1, 0.15) is 39.1 Å². The van der Waals surface area contributed by atoms with E-state index >= 15 is 0 Å². The summed E-state index contributed by atoms with van der Waals surface area (Å²) in [6, 6.07) is 15.1. The zero-order chi connectivity index (χ0) is 19.2. The second-order valence-electron chi connectivity index (χ2n) is 8.45. The van der Waals surface area contributed by atoms with Crippen LogP contribution < -0.4 is 4.43 Å². The van der Waals surface area contributed by atoms with Crippen molar-refractivity contribution in [3.8, 4) is 5.75 Å². The number of fused-ring (bicyclic) bond motifs is 1. The molecule has 0 aliphatic carbocycles. The van der Waals surface area contributed by atoms with Crippen LogP contribution in [0.25, 0.3) is 11.1 Å². The molecule has 0 aliphatic heterocycles. The van der Waals surface area contributed by atoms with E-state index in [0.717, 1.165) is 11.3 Å². The Morgan fingerprint density at radius 1 is 0.962 bits per heavy atom. The summed E-state index contributed by atoms with van der Waals surface area (Å²) in [6.45, 7) is 12.8. The molecule has 5 heteroatoms. The third-order valence-electron chi connectivity index (χ3n) is 5.31. The molecular weight excluding hydrogens is 342 g/mol. The van der Waals surface area contributed by atoms with Crippen molar-refractivity contribution in [3.05, 3.63) is 60.0 Å². The molecule has 0 saturated carbocycles. The highest BCUT2D eigenvalue weighted by Crippen LogP contribution is 2.38. The van der Waals surface area contributed by atoms with Gasteiger partial charge in [0.25, 0.3) is 0 Å². The molecule has 0 radical (unpaired) electrons. The number of aromatic nitrogens is 1. The minimum atomic E-state index is -1.89. The number of hydrogen-bond donors (Lipinski definition) is 1. The molecule has 0 bridgehead atoms. The maximum atomic E-state index is 11.0. The fourth-order valence-electron chi connectivity index (χ4n) is 2.50. The highest BCUT2D eigenvalue weighted by molar-refractivity contribution is 6.74. The minimum Gasteiger partial charge on any atom is -0.544 e. The summed E-state index contributed by atoms with van der Waals surface area (Å²) in [7, 11) is -1.89. The Bertz CT molecular complexity index is 872. The summed E-state index contributed by atoms with van der Waals surface area (Å²) in [5.41, 5.74) is 0.807. The standard InChI is InChI=1S/C21H27NO3Si/c1-20(2,3)26(5,6)25-16-13-11-15(12-14-16)21(4,23)19-22-17-9-7-8-10-18(17)24-19/h7-14,23H,1-6H3. The van der Waals surface area contributed by atoms with E-state index in [1.807, 2.05) is 48.5 Å². The lowest BCUT2D eigenvalue weighted by Gasteiger charge is -2.36. The van der Waals surface area contributed by atoms with Gasteiger partial charge in [-0.15, -0.1) is 0 Å². The van der Waals surface area contributed by atoms with Gasteiger partial charge in [0.05, 0.1) is 0 Å². The molecule has 0 aliphatic rings. The molecule has 0 amide bonds. The van der Waals surface area contributed by atoms with Gasteiger partial charge in [0.15, 0.2) is 11.2 Å². The number of benzene rings is 2. The van der Waals surface area contributed by atoms with Crippen molar-refractivity contribution in [2.75, 3.05) is 0 Å². The van der Waals surface area contributed by atoms with Crippen LogP contribution in [0.3, 0.4) is 0 Å². The lowest BCUT2D eigenvalue weighted by molar-refractivity contribution is 0.0727. The second-order valence-corrected chi connectivity index (χ2v) is 13.2. The maximum absolute atomic E-state index is 11.0. The van der Waals surface area contributed by atoms with E-state index in [9.17, 15) is 5.11 Å². The first-order chi connectivity index (χ1) is 12.0. The predicted molar refractivity (Wildman–Crippen MR) is 107 cm³/mol. The van der Waals surface area contributed by atoms with Crippen molar-refractivity contribution in [1.29, 1.82) is 0 Å². The van der Waals surface area contributed by atoms with Crippen molar-refractivity contribution in [1.82, 2.24) is 4.98 Å². The normalized spacial score (nSPS) is 15.0. The van der Waals surface area contributed by atoms with E-state index in [1.165, 1.54) is 0 Å². The fourth-order valence-corrected chi connectivity index (χ4v) is 3.53.